The van der Waals surface area contributed by atoms with E-state index in [2.05, 4.69) is 20.8 Å². The van der Waals surface area contributed by atoms with Crippen LogP contribution < -0.4 is 0 Å². The molecule has 3 heteroatoms. The summed E-state index contributed by atoms with van der Waals surface area (Å²) in [7, 11) is 0. The lowest BCUT2D eigenvalue weighted by atomic mass is 9.97. The van der Waals surface area contributed by atoms with Crippen molar-refractivity contribution in [1.29, 1.82) is 0 Å². The van der Waals surface area contributed by atoms with Crippen LogP contribution in [-0.4, -0.2) is 24.3 Å². The van der Waals surface area contributed by atoms with Gasteiger partial charge in [0.15, 0.2) is 0 Å². The third-order valence-corrected chi connectivity index (χ3v) is 2.91. The van der Waals surface area contributed by atoms with Crippen LogP contribution in [0.25, 0.3) is 0 Å². The molecule has 0 aromatic carbocycles. The quantitative estimate of drug-likeness (QED) is 0.504. The van der Waals surface area contributed by atoms with E-state index in [1.165, 1.54) is 0 Å². The fourth-order valence-electron chi connectivity index (χ4n) is 1.78. The van der Waals surface area contributed by atoms with Crippen LogP contribution in [0.5, 0.6) is 0 Å². The van der Waals surface area contributed by atoms with Crippen LogP contribution in [0.4, 0.5) is 0 Å². The lowest BCUT2D eigenvalue weighted by Gasteiger charge is -2.09. The van der Waals surface area contributed by atoms with Crippen LogP contribution in [0.3, 0.4) is 0 Å². The number of carbonyl (C=O) groups excluding carboxylic acids is 1. The maximum absolute atomic E-state index is 11.2. The normalized spacial score (nSPS) is 24.7. The first-order valence-electron chi connectivity index (χ1n) is 5.79. The summed E-state index contributed by atoms with van der Waals surface area (Å²) in [6, 6.07) is 0. The predicted octanol–water partition coefficient (Wildman–Crippen LogP) is 2.53. The van der Waals surface area contributed by atoms with E-state index in [0.717, 1.165) is 12.8 Å². The van der Waals surface area contributed by atoms with Gasteiger partial charge in [-0.2, -0.15) is 0 Å². The fourth-order valence-corrected chi connectivity index (χ4v) is 1.78. The van der Waals surface area contributed by atoms with E-state index < -0.39 is 0 Å². The highest BCUT2D eigenvalue weighted by atomic mass is 16.6. The van der Waals surface area contributed by atoms with Gasteiger partial charge in [-0.15, -0.1) is 0 Å². The highest BCUT2D eigenvalue weighted by Gasteiger charge is 2.46. The van der Waals surface area contributed by atoms with Gasteiger partial charge in [0.2, 0.25) is 0 Å². The van der Waals surface area contributed by atoms with Gasteiger partial charge in [0.25, 0.3) is 0 Å². The van der Waals surface area contributed by atoms with Gasteiger partial charge in [-0.1, -0.05) is 6.92 Å². The SMILES string of the molecule is CCOC(=O)C[C@@H](C)CCC1OC1(C)C. The second-order valence-corrected chi connectivity index (χ2v) is 4.90. The molecule has 0 spiro atoms. The van der Waals surface area contributed by atoms with E-state index in [1.807, 2.05) is 6.92 Å². The average molecular weight is 214 g/mol. The third-order valence-electron chi connectivity index (χ3n) is 2.91. The summed E-state index contributed by atoms with van der Waals surface area (Å²) in [5.74, 6) is 0.310. The first-order chi connectivity index (χ1) is 6.95. The largest absolute Gasteiger partial charge is 0.466 e. The minimum atomic E-state index is -0.0824. The summed E-state index contributed by atoms with van der Waals surface area (Å²) in [4.78, 5) is 11.2. The number of carbonyl (C=O) groups is 1. The van der Waals surface area contributed by atoms with E-state index in [4.69, 9.17) is 9.47 Å². The summed E-state index contributed by atoms with van der Waals surface area (Å²) in [6.45, 7) is 8.61. The van der Waals surface area contributed by atoms with E-state index in [1.54, 1.807) is 0 Å². The number of ether oxygens (including phenoxy) is 2. The summed E-state index contributed by atoms with van der Waals surface area (Å²) < 4.78 is 10.4. The van der Waals surface area contributed by atoms with E-state index in [0.29, 0.717) is 25.0 Å². The second-order valence-electron chi connectivity index (χ2n) is 4.90. The molecule has 1 fully saturated rings. The Bertz CT molecular complexity index is 223. The van der Waals surface area contributed by atoms with Crippen molar-refractivity contribution in [3.8, 4) is 0 Å². The Balaban J connectivity index is 2.09. The molecule has 0 saturated carbocycles. The summed E-state index contributed by atoms with van der Waals surface area (Å²) in [6.07, 6.45) is 3.00. The highest BCUT2D eigenvalue weighted by Crippen LogP contribution is 2.39. The van der Waals surface area contributed by atoms with Gasteiger partial charge in [-0.25, -0.2) is 0 Å². The molecule has 0 N–H and O–H groups in total. The molecule has 1 aliphatic heterocycles. The zero-order valence-electron chi connectivity index (χ0n) is 10.2. The van der Waals surface area contributed by atoms with E-state index in [9.17, 15) is 4.79 Å². The maximum atomic E-state index is 11.2. The average Bonchev–Trinajstić information content (AvgIpc) is 2.71. The molecule has 3 nitrogen and oxygen atoms in total. The van der Waals surface area contributed by atoms with Crippen LogP contribution in [0, 0.1) is 5.92 Å². The minimum absolute atomic E-state index is 0.0731. The van der Waals surface area contributed by atoms with Crippen LogP contribution in [0.2, 0.25) is 0 Å². The zero-order valence-corrected chi connectivity index (χ0v) is 10.2. The van der Waals surface area contributed by atoms with Crippen molar-refractivity contribution >= 4 is 5.97 Å². The number of esters is 1. The van der Waals surface area contributed by atoms with Gasteiger partial charge < -0.3 is 9.47 Å². The monoisotopic (exact) mass is 214 g/mol. The van der Waals surface area contributed by atoms with E-state index in [-0.39, 0.29) is 11.6 Å². The Morgan fingerprint density at radius 3 is 2.60 bits per heavy atom. The molecular weight excluding hydrogens is 192 g/mol. The fraction of sp³-hybridized carbons (Fsp3) is 0.917. The number of epoxide rings is 1. The lowest BCUT2D eigenvalue weighted by molar-refractivity contribution is -0.144. The summed E-state index contributed by atoms with van der Waals surface area (Å²) >= 11 is 0. The molecule has 0 radical (unpaired) electrons. The molecule has 0 aromatic heterocycles. The molecule has 0 aliphatic carbocycles. The molecule has 15 heavy (non-hydrogen) atoms. The molecule has 1 aliphatic rings. The van der Waals surface area contributed by atoms with Gasteiger partial charge >= 0.3 is 5.97 Å². The van der Waals surface area contributed by atoms with Crippen molar-refractivity contribution in [3.63, 3.8) is 0 Å². The van der Waals surface area contributed by atoms with Crippen LogP contribution in [0.15, 0.2) is 0 Å². The summed E-state index contributed by atoms with van der Waals surface area (Å²) in [5.41, 5.74) is 0.0731. The van der Waals surface area contributed by atoms with Gasteiger partial charge in [0, 0.05) is 6.42 Å². The Morgan fingerprint density at radius 2 is 2.13 bits per heavy atom. The molecule has 1 rings (SSSR count). The Hall–Kier alpha value is -0.570. The summed E-state index contributed by atoms with van der Waals surface area (Å²) in [5, 5.41) is 0. The lowest BCUT2D eigenvalue weighted by Crippen LogP contribution is -2.11. The molecule has 1 saturated heterocycles. The number of rotatable bonds is 6. The Labute approximate surface area is 92.1 Å². The van der Waals surface area contributed by atoms with Crippen LogP contribution in [0.1, 0.15) is 47.0 Å². The molecule has 0 amide bonds. The molecule has 0 aromatic rings. The highest BCUT2D eigenvalue weighted by molar-refractivity contribution is 5.69. The minimum Gasteiger partial charge on any atom is -0.466 e. The van der Waals surface area contributed by atoms with Gasteiger partial charge in [-0.05, 0) is 39.5 Å². The van der Waals surface area contributed by atoms with Crippen LogP contribution >= 0.6 is 0 Å². The van der Waals surface area contributed by atoms with Crippen LogP contribution in [-0.2, 0) is 14.3 Å². The molecule has 88 valence electrons. The van der Waals surface area contributed by atoms with Gasteiger partial charge in [0.1, 0.15) is 0 Å². The third kappa shape index (κ3) is 4.20. The van der Waals surface area contributed by atoms with Crippen molar-refractivity contribution in [2.75, 3.05) is 6.61 Å². The molecule has 2 atom stereocenters. The van der Waals surface area contributed by atoms with Crippen molar-refractivity contribution in [3.05, 3.63) is 0 Å². The molecule has 1 unspecified atom stereocenters. The predicted molar refractivity (Wildman–Crippen MR) is 58.6 cm³/mol. The molecule has 0 bridgehead atoms. The van der Waals surface area contributed by atoms with Crippen molar-refractivity contribution in [1.82, 2.24) is 0 Å². The first kappa shape index (κ1) is 12.5. The number of hydrogen-bond donors (Lipinski definition) is 0. The van der Waals surface area contributed by atoms with Crippen molar-refractivity contribution in [2.24, 2.45) is 5.92 Å². The Kier molecular flexibility index (Phi) is 4.14. The Morgan fingerprint density at radius 1 is 1.53 bits per heavy atom. The standard InChI is InChI=1S/C12H22O3/c1-5-14-11(13)8-9(2)6-7-10-12(3,4)15-10/h9-10H,5-8H2,1-4H3/t9-,10?/m0/s1. The zero-order chi connectivity index (χ0) is 11.5. The molecular formula is C12H22O3. The van der Waals surface area contributed by atoms with Crippen molar-refractivity contribution in [2.45, 2.75) is 58.7 Å². The molecule has 1 heterocycles. The second kappa shape index (κ2) is 4.97. The van der Waals surface area contributed by atoms with E-state index >= 15 is 0 Å². The van der Waals surface area contributed by atoms with Gasteiger partial charge in [-0.3, -0.25) is 4.79 Å². The first-order valence-corrected chi connectivity index (χ1v) is 5.79. The number of hydrogen-bond acceptors (Lipinski definition) is 3. The van der Waals surface area contributed by atoms with Crippen molar-refractivity contribution < 1.29 is 14.3 Å². The maximum Gasteiger partial charge on any atom is 0.306 e. The van der Waals surface area contributed by atoms with Gasteiger partial charge in [0.05, 0.1) is 18.3 Å². The topological polar surface area (TPSA) is 38.8 Å². The smallest absolute Gasteiger partial charge is 0.306 e.